The Morgan fingerprint density at radius 2 is 2.00 bits per heavy atom. The van der Waals surface area contributed by atoms with Gasteiger partial charge in [-0.3, -0.25) is 0 Å². The maximum absolute atomic E-state index is 12.9. The lowest BCUT2D eigenvalue weighted by Crippen LogP contribution is -2.14. The quantitative estimate of drug-likeness (QED) is 0.802. The van der Waals surface area contributed by atoms with Crippen LogP contribution in [-0.4, -0.2) is 8.42 Å². The van der Waals surface area contributed by atoms with Crippen LogP contribution >= 0.6 is 27.5 Å². The molecule has 7 heteroatoms. The van der Waals surface area contributed by atoms with Gasteiger partial charge in [0, 0.05) is 0 Å². The molecule has 0 aliphatic heterocycles. The molecule has 1 rings (SSSR count). The number of halogens is 3. The summed E-state index contributed by atoms with van der Waals surface area (Å²) in [7, 11) is -4.01. The highest BCUT2D eigenvalue weighted by atomic mass is 79.9. The molecule has 0 bridgehead atoms. The fourth-order valence-electron chi connectivity index (χ4n) is 0.769. The summed E-state index contributed by atoms with van der Waals surface area (Å²) in [6.45, 7) is 0. The summed E-state index contributed by atoms with van der Waals surface area (Å²) in [5.74, 6) is -0.728. The van der Waals surface area contributed by atoms with Crippen molar-refractivity contribution in [3.8, 4) is 0 Å². The van der Waals surface area contributed by atoms with Gasteiger partial charge in [0.05, 0.1) is 9.50 Å². The van der Waals surface area contributed by atoms with Gasteiger partial charge in [-0.15, -0.1) is 0 Å². The molecule has 0 aliphatic rings. The Kier molecular flexibility index (Phi) is 2.96. The van der Waals surface area contributed by atoms with E-state index in [1.54, 1.807) is 0 Å². The minimum atomic E-state index is -4.01. The van der Waals surface area contributed by atoms with E-state index in [1.807, 2.05) is 0 Å². The van der Waals surface area contributed by atoms with Crippen molar-refractivity contribution >= 4 is 37.6 Å². The summed E-state index contributed by atoms with van der Waals surface area (Å²) in [4.78, 5) is -0.436. The lowest BCUT2D eigenvalue weighted by molar-refractivity contribution is 0.589. The van der Waals surface area contributed by atoms with E-state index in [9.17, 15) is 12.8 Å². The van der Waals surface area contributed by atoms with E-state index < -0.39 is 20.7 Å². The first-order chi connectivity index (χ1) is 5.84. The molecule has 2 N–H and O–H groups in total. The highest BCUT2D eigenvalue weighted by molar-refractivity contribution is 9.10. The molecule has 0 spiro atoms. The standard InChI is InChI=1S/C6H4BrClFNO2S/c7-5-4(9)2-1-3(8)6(5)13(10,11)12/h1-2H,(H2,10,11,12). The highest BCUT2D eigenvalue weighted by Gasteiger charge is 2.19. The smallest absolute Gasteiger partial charge is 0.225 e. The molecule has 0 unspecified atom stereocenters. The Balaban J connectivity index is 3.62. The van der Waals surface area contributed by atoms with Crippen LogP contribution in [0.15, 0.2) is 21.5 Å². The van der Waals surface area contributed by atoms with Gasteiger partial charge < -0.3 is 0 Å². The van der Waals surface area contributed by atoms with Crippen LogP contribution in [0, 0.1) is 5.82 Å². The van der Waals surface area contributed by atoms with E-state index >= 15 is 0 Å². The number of hydrogen-bond acceptors (Lipinski definition) is 2. The van der Waals surface area contributed by atoms with Gasteiger partial charge >= 0.3 is 0 Å². The van der Waals surface area contributed by atoms with Crippen LogP contribution < -0.4 is 5.14 Å². The van der Waals surface area contributed by atoms with Crippen LogP contribution in [0.1, 0.15) is 0 Å². The highest BCUT2D eigenvalue weighted by Crippen LogP contribution is 2.30. The number of hydrogen-bond donors (Lipinski definition) is 1. The zero-order chi connectivity index (χ0) is 10.2. The normalized spacial score (nSPS) is 11.7. The van der Waals surface area contributed by atoms with Crippen LogP contribution in [0.4, 0.5) is 4.39 Å². The third kappa shape index (κ3) is 2.19. The molecule has 0 heterocycles. The molecule has 0 saturated heterocycles. The molecule has 13 heavy (non-hydrogen) atoms. The fourth-order valence-corrected chi connectivity index (χ4v) is 3.07. The molecule has 0 atom stereocenters. The second-order valence-corrected chi connectivity index (χ2v) is 4.92. The van der Waals surface area contributed by atoms with Crippen LogP contribution in [-0.2, 0) is 10.0 Å². The first-order valence-electron chi connectivity index (χ1n) is 3.00. The third-order valence-corrected chi connectivity index (χ3v) is 3.74. The Morgan fingerprint density at radius 1 is 1.46 bits per heavy atom. The lowest BCUT2D eigenvalue weighted by atomic mass is 10.3. The van der Waals surface area contributed by atoms with Crippen molar-refractivity contribution in [2.75, 3.05) is 0 Å². The second kappa shape index (κ2) is 3.53. The van der Waals surface area contributed by atoms with Crippen molar-refractivity contribution in [1.82, 2.24) is 0 Å². The lowest BCUT2D eigenvalue weighted by Gasteiger charge is -2.04. The van der Waals surface area contributed by atoms with E-state index in [2.05, 4.69) is 15.9 Å². The molecule has 3 nitrogen and oxygen atoms in total. The molecule has 0 aromatic heterocycles. The van der Waals surface area contributed by atoms with E-state index in [0.717, 1.165) is 12.1 Å². The molecule has 0 amide bonds. The van der Waals surface area contributed by atoms with Gasteiger partial charge in [0.2, 0.25) is 10.0 Å². The third-order valence-electron chi connectivity index (χ3n) is 1.29. The zero-order valence-electron chi connectivity index (χ0n) is 6.09. The Bertz CT molecular complexity index is 448. The van der Waals surface area contributed by atoms with Gasteiger partial charge in [0.1, 0.15) is 10.7 Å². The number of primary sulfonamides is 1. The minimum absolute atomic E-state index is 0.115. The fraction of sp³-hybridized carbons (Fsp3) is 0. The van der Waals surface area contributed by atoms with E-state index in [0.29, 0.717) is 0 Å². The first-order valence-corrected chi connectivity index (χ1v) is 5.72. The monoisotopic (exact) mass is 287 g/mol. The predicted molar refractivity (Wildman–Crippen MR) is 50.5 cm³/mol. The predicted octanol–water partition coefficient (Wildman–Crippen LogP) is 1.89. The molecular weight excluding hydrogens is 284 g/mol. The van der Waals surface area contributed by atoms with Crippen molar-refractivity contribution in [3.63, 3.8) is 0 Å². The summed E-state index contributed by atoms with van der Waals surface area (Å²) in [6.07, 6.45) is 0. The molecule has 72 valence electrons. The molecule has 0 aliphatic carbocycles. The van der Waals surface area contributed by atoms with E-state index in [-0.39, 0.29) is 9.50 Å². The minimum Gasteiger partial charge on any atom is -0.225 e. The van der Waals surface area contributed by atoms with Crippen LogP contribution in [0.25, 0.3) is 0 Å². The largest absolute Gasteiger partial charge is 0.240 e. The summed E-state index contributed by atoms with van der Waals surface area (Å²) < 4.78 is 34.5. The summed E-state index contributed by atoms with van der Waals surface area (Å²) >= 11 is 8.28. The van der Waals surface area contributed by atoms with Gasteiger partial charge in [0.25, 0.3) is 0 Å². The van der Waals surface area contributed by atoms with Crippen molar-refractivity contribution in [2.24, 2.45) is 5.14 Å². The van der Waals surface area contributed by atoms with Gasteiger partial charge in [0.15, 0.2) is 0 Å². The average Bonchev–Trinajstić information content (AvgIpc) is 1.95. The van der Waals surface area contributed by atoms with Crippen molar-refractivity contribution in [1.29, 1.82) is 0 Å². The first kappa shape index (κ1) is 10.9. The topological polar surface area (TPSA) is 60.2 Å². The van der Waals surface area contributed by atoms with Gasteiger partial charge in [-0.1, -0.05) is 11.6 Å². The van der Waals surface area contributed by atoms with E-state index in [4.69, 9.17) is 16.7 Å². The van der Waals surface area contributed by atoms with E-state index in [1.165, 1.54) is 0 Å². The summed E-state index contributed by atoms with van der Waals surface area (Å²) in [5, 5.41) is 4.70. The van der Waals surface area contributed by atoms with Crippen molar-refractivity contribution in [3.05, 3.63) is 27.4 Å². The van der Waals surface area contributed by atoms with Crippen LogP contribution in [0.3, 0.4) is 0 Å². The Morgan fingerprint density at radius 3 is 2.38 bits per heavy atom. The number of nitrogens with two attached hydrogens (primary N) is 1. The second-order valence-electron chi connectivity index (χ2n) is 2.22. The summed E-state index contributed by atoms with van der Waals surface area (Å²) in [6, 6.07) is 2.17. The van der Waals surface area contributed by atoms with Gasteiger partial charge in [-0.05, 0) is 28.1 Å². The number of sulfonamides is 1. The van der Waals surface area contributed by atoms with Crippen LogP contribution in [0.5, 0.6) is 0 Å². The SMILES string of the molecule is NS(=O)(=O)c1c(Cl)ccc(F)c1Br. The van der Waals surface area contributed by atoms with Crippen LogP contribution in [0.2, 0.25) is 5.02 Å². The molecule has 1 aromatic rings. The maximum Gasteiger partial charge on any atom is 0.240 e. The Hall–Kier alpha value is -0.170. The molecule has 1 aromatic carbocycles. The van der Waals surface area contributed by atoms with Crippen molar-refractivity contribution < 1.29 is 12.8 Å². The molecule has 0 radical (unpaired) electrons. The average molecular weight is 289 g/mol. The zero-order valence-corrected chi connectivity index (χ0v) is 9.25. The van der Waals surface area contributed by atoms with Gasteiger partial charge in [-0.25, -0.2) is 17.9 Å². The maximum atomic E-state index is 12.9. The number of benzene rings is 1. The van der Waals surface area contributed by atoms with Crippen molar-refractivity contribution in [2.45, 2.75) is 4.90 Å². The number of rotatable bonds is 1. The summed E-state index contributed by atoms with van der Waals surface area (Å²) in [5.41, 5.74) is 0. The Labute approximate surface area is 87.9 Å². The molecule has 0 fully saturated rings. The molecular formula is C6H4BrClFNO2S. The molecule has 0 saturated carbocycles. The van der Waals surface area contributed by atoms with Gasteiger partial charge in [-0.2, -0.15) is 0 Å².